The third-order valence-electron chi connectivity index (χ3n) is 0.808. The lowest BCUT2D eigenvalue weighted by molar-refractivity contribution is 1.11. The molecular weight excluding hydrogens is 134 g/mol. The summed E-state index contributed by atoms with van der Waals surface area (Å²) in [7, 11) is 2.95. The quantitative estimate of drug-likeness (QED) is 0.221. The van der Waals surface area contributed by atoms with Crippen LogP contribution in [0.25, 0.3) is 0 Å². The van der Waals surface area contributed by atoms with Gasteiger partial charge in [-0.25, -0.2) is 0 Å². The minimum absolute atomic E-state index is 0.0445. The van der Waals surface area contributed by atoms with Gasteiger partial charge in [-0.15, -0.1) is 0 Å². The summed E-state index contributed by atoms with van der Waals surface area (Å²) < 4.78 is 0. The van der Waals surface area contributed by atoms with Gasteiger partial charge in [-0.05, 0) is 0 Å². The van der Waals surface area contributed by atoms with Crippen molar-refractivity contribution in [2.45, 2.75) is 0 Å². The van der Waals surface area contributed by atoms with Crippen LogP contribution in [-0.2, 0) is 0 Å². The number of hydrogen-bond donors (Lipinski definition) is 3. The molecule has 0 atom stereocenters. The smallest absolute Gasteiger partial charge is 0.195 e. The normalized spacial score (nSPS) is 13.1. The van der Waals surface area contributed by atoms with Crippen LogP contribution in [0, 0.1) is 5.21 Å². The van der Waals surface area contributed by atoms with E-state index in [1.807, 2.05) is 0 Å². The molecule has 0 amide bonds. The van der Waals surface area contributed by atoms with E-state index in [1.165, 1.54) is 14.1 Å². The number of guanidine groups is 2. The Bertz CT molecular complexity index is 152. The Morgan fingerprint density at radius 3 is 2.30 bits per heavy atom. The number of hydroxylamine groups is 1. The number of rotatable bonds is 0. The second-order valence-corrected chi connectivity index (χ2v) is 1.41. The van der Waals surface area contributed by atoms with E-state index in [9.17, 15) is 5.21 Å². The van der Waals surface area contributed by atoms with Crippen molar-refractivity contribution < 1.29 is 0 Å². The van der Waals surface area contributed by atoms with Crippen molar-refractivity contribution in [2.75, 3.05) is 14.1 Å². The van der Waals surface area contributed by atoms with Crippen LogP contribution in [0.1, 0.15) is 0 Å². The van der Waals surface area contributed by atoms with E-state index >= 15 is 0 Å². The zero-order chi connectivity index (χ0) is 7.98. The summed E-state index contributed by atoms with van der Waals surface area (Å²) >= 11 is 0. The monoisotopic (exact) mass is 144 g/mol. The fourth-order valence-electron chi connectivity index (χ4n) is 0.304. The molecule has 0 spiro atoms. The van der Waals surface area contributed by atoms with Crippen molar-refractivity contribution in [2.24, 2.45) is 15.7 Å². The molecule has 0 aromatic heterocycles. The minimum Gasteiger partial charge on any atom is -0.759 e. The average molecular weight is 144 g/mol. The van der Waals surface area contributed by atoms with Gasteiger partial charge in [-0.1, -0.05) is 0 Å². The number of nitrogens with zero attached hydrogens (tertiary/aromatic N) is 2. The number of nitrogens with two attached hydrogens (primary N) is 1. The third kappa shape index (κ3) is 2.88. The van der Waals surface area contributed by atoms with Gasteiger partial charge < -0.3 is 16.4 Å². The van der Waals surface area contributed by atoms with Crippen LogP contribution >= 0.6 is 0 Å². The van der Waals surface area contributed by atoms with Crippen LogP contribution in [0.2, 0.25) is 0 Å². The molecule has 0 saturated carbocycles. The molecule has 4 N–H and O–H groups in total. The molecule has 0 bridgehead atoms. The molecule has 0 aliphatic rings. The van der Waals surface area contributed by atoms with Crippen molar-refractivity contribution in [3.8, 4) is 0 Å². The molecule has 0 unspecified atom stereocenters. The average Bonchev–Trinajstić information content (AvgIpc) is 1.99. The first kappa shape index (κ1) is 8.70. The Morgan fingerprint density at radius 1 is 1.40 bits per heavy atom. The van der Waals surface area contributed by atoms with E-state index in [0.29, 0.717) is 0 Å². The molecule has 0 radical (unpaired) electrons. The van der Waals surface area contributed by atoms with Crippen LogP contribution < -0.4 is 16.5 Å². The first-order chi connectivity index (χ1) is 4.74. The van der Waals surface area contributed by atoms with Gasteiger partial charge in [0.1, 0.15) is 0 Å². The summed E-state index contributed by atoms with van der Waals surface area (Å²) in [6.45, 7) is 0. The van der Waals surface area contributed by atoms with Crippen LogP contribution in [0.3, 0.4) is 0 Å². The van der Waals surface area contributed by atoms with Crippen LogP contribution in [0.5, 0.6) is 0 Å². The second kappa shape index (κ2) is 4.57. The molecule has 58 valence electrons. The van der Waals surface area contributed by atoms with Gasteiger partial charge in [-0.3, -0.25) is 15.3 Å². The topological polar surface area (TPSA) is 97.9 Å². The maximum atomic E-state index is 9.96. The lowest BCUT2D eigenvalue weighted by Crippen LogP contribution is -2.42. The van der Waals surface area contributed by atoms with Gasteiger partial charge in [-0.2, -0.15) is 0 Å². The molecule has 0 rings (SSSR count). The predicted octanol–water partition coefficient (Wildman–Crippen LogP) is -1.41. The zero-order valence-electron chi connectivity index (χ0n) is 5.88. The summed E-state index contributed by atoms with van der Waals surface area (Å²) in [5, 5.41) is 12.4. The first-order valence-electron chi connectivity index (χ1n) is 2.58. The number of nitrogens with one attached hydrogen (secondary N) is 2. The highest BCUT2D eigenvalue weighted by atomic mass is 16.5. The van der Waals surface area contributed by atoms with E-state index in [2.05, 4.69) is 15.3 Å². The highest BCUT2D eigenvalue weighted by Crippen LogP contribution is 1.63. The van der Waals surface area contributed by atoms with Crippen molar-refractivity contribution in [1.82, 2.24) is 10.8 Å². The van der Waals surface area contributed by atoms with Gasteiger partial charge in [0, 0.05) is 14.1 Å². The lowest BCUT2D eigenvalue weighted by atomic mass is 10.8. The van der Waals surface area contributed by atoms with Crippen molar-refractivity contribution >= 4 is 11.9 Å². The molecule has 0 saturated heterocycles. The SMILES string of the molecule is CN=C(N)NC(=NC)N[O-]. The minimum atomic E-state index is 0.0445. The van der Waals surface area contributed by atoms with Gasteiger partial charge in [0.25, 0.3) is 0 Å². The van der Waals surface area contributed by atoms with Crippen LogP contribution in [0.4, 0.5) is 0 Å². The van der Waals surface area contributed by atoms with E-state index in [0.717, 1.165) is 0 Å². The molecular formula is C4H10N5O-. The molecule has 0 aliphatic heterocycles. The Morgan fingerprint density at radius 2 is 2.00 bits per heavy atom. The lowest BCUT2D eigenvalue weighted by Gasteiger charge is -2.12. The second-order valence-electron chi connectivity index (χ2n) is 1.41. The summed E-state index contributed by atoms with van der Waals surface area (Å²) in [4.78, 5) is 7.06. The Hall–Kier alpha value is -1.30. The van der Waals surface area contributed by atoms with E-state index in [4.69, 9.17) is 5.73 Å². The predicted molar refractivity (Wildman–Crippen MR) is 40.5 cm³/mol. The van der Waals surface area contributed by atoms with Gasteiger partial charge >= 0.3 is 0 Å². The molecule has 0 fully saturated rings. The summed E-state index contributed by atoms with van der Waals surface area (Å²) in [6, 6.07) is 0. The summed E-state index contributed by atoms with van der Waals surface area (Å²) in [5.41, 5.74) is 6.75. The third-order valence-corrected chi connectivity index (χ3v) is 0.808. The molecule has 10 heavy (non-hydrogen) atoms. The summed E-state index contributed by atoms with van der Waals surface area (Å²) in [6.07, 6.45) is 0. The largest absolute Gasteiger partial charge is 0.759 e. The van der Waals surface area contributed by atoms with E-state index in [-0.39, 0.29) is 11.9 Å². The van der Waals surface area contributed by atoms with Gasteiger partial charge in [0.05, 0.1) is 0 Å². The van der Waals surface area contributed by atoms with Crippen molar-refractivity contribution in [3.05, 3.63) is 5.21 Å². The van der Waals surface area contributed by atoms with Gasteiger partial charge in [0.15, 0.2) is 11.9 Å². The zero-order valence-corrected chi connectivity index (χ0v) is 5.88. The van der Waals surface area contributed by atoms with Crippen LogP contribution in [0.15, 0.2) is 9.98 Å². The van der Waals surface area contributed by atoms with E-state index < -0.39 is 0 Å². The molecule has 0 heterocycles. The Kier molecular flexibility index (Phi) is 3.97. The first-order valence-corrected chi connectivity index (χ1v) is 2.58. The Balaban J connectivity index is 3.88. The molecule has 6 nitrogen and oxygen atoms in total. The fourth-order valence-corrected chi connectivity index (χ4v) is 0.304. The maximum Gasteiger partial charge on any atom is 0.195 e. The fraction of sp³-hybridized carbons (Fsp3) is 0.500. The maximum absolute atomic E-state index is 9.96. The van der Waals surface area contributed by atoms with Gasteiger partial charge in [0.2, 0.25) is 0 Å². The molecule has 6 heteroatoms. The highest BCUT2D eigenvalue weighted by Gasteiger charge is 1.90. The standard InChI is InChI=1S/C4H10N5O/c1-6-3(5)8-4(7-2)9-10/h1-2H3,(H4-,5,6,7,8,9,10)/q-1. The summed E-state index contributed by atoms with van der Waals surface area (Å²) in [5.74, 6) is 0.187. The highest BCUT2D eigenvalue weighted by molar-refractivity contribution is 5.97. The van der Waals surface area contributed by atoms with Crippen molar-refractivity contribution in [3.63, 3.8) is 0 Å². The Labute approximate surface area is 58.8 Å². The van der Waals surface area contributed by atoms with E-state index in [1.54, 1.807) is 5.48 Å². The molecule has 0 aromatic carbocycles. The molecule has 0 aliphatic carbocycles. The number of hydrogen-bond acceptors (Lipinski definition) is 3. The van der Waals surface area contributed by atoms with Crippen LogP contribution in [-0.4, -0.2) is 26.0 Å². The number of aliphatic imine (C=N–C) groups is 2. The van der Waals surface area contributed by atoms with Crippen molar-refractivity contribution in [1.29, 1.82) is 0 Å². The molecule has 0 aromatic rings.